The molecule has 0 aromatic carbocycles. The van der Waals surface area contributed by atoms with Crippen molar-refractivity contribution in [2.75, 3.05) is 13.2 Å². The molecule has 0 unspecified atom stereocenters. The normalized spacial score (nSPS) is 22.9. The molecule has 0 radical (unpaired) electrons. The van der Waals surface area contributed by atoms with Gasteiger partial charge in [0, 0.05) is 6.54 Å². The number of rotatable bonds is 5. The Hall–Kier alpha value is -0.320. The standard InChI is InChI=1S/C15H28N2O2.ClH/c16-15(9-5-6-10-15)14(18)17-11-12-19-13-7-3-1-2-4-8-13;/h13H,1-12,16H2,(H,17,18);1H. The highest BCUT2D eigenvalue weighted by atomic mass is 35.5. The Morgan fingerprint density at radius 1 is 1.10 bits per heavy atom. The first-order valence-corrected chi connectivity index (χ1v) is 7.89. The second-order valence-corrected chi connectivity index (χ2v) is 6.10. The van der Waals surface area contributed by atoms with E-state index < -0.39 is 5.54 Å². The summed E-state index contributed by atoms with van der Waals surface area (Å²) in [5.41, 5.74) is 5.49. The molecule has 0 aromatic heterocycles. The van der Waals surface area contributed by atoms with Crippen molar-refractivity contribution in [1.29, 1.82) is 0 Å². The van der Waals surface area contributed by atoms with Crippen LogP contribution in [0.25, 0.3) is 0 Å². The molecule has 0 aromatic rings. The van der Waals surface area contributed by atoms with Crippen molar-refractivity contribution < 1.29 is 9.53 Å². The summed E-state index contributed by atoms with van der Waals surface area (Å²) in [5, 5.41) is 2.93. The van der Waals surface area contributed by atoms with E-state index in [-0.39, 0.29) is 18.3 Å². The smallest absolute Gasteiger partial charge is 0.240 e. The molecule has 0 saturated heterocycles. The topological polar surface area (TPSA) is 64.4 Å². The van der Waals surface area contributed by atoms with E-state index in [1.165, 1.54) is 38.5 Å². The zero-order valence-corrected chi connectivity index (χ0v) is 13.2. The van der Waals surface area contributed by atoms with E-state index in [0.717, 1.165) is 25.7 Å². The third-order valence-corrected chi connectivity index (χ3v) is 4.49. The molecule has 2 rings (SSSR count). The molecule has 0 bridgehead atoms. The van der Waals surface area contributed by atoms with Crippen molar-refractivity contribution in [3.8, 4) is 0 Å². The Morgan fingerprint density at radius 3 is 2.30 bits per heavy atom. The molecule has 4 nitrogen and oxygen atoms in total. The Kier molecular flexibility index (Phi) is 7.85. The molecular weight excluding hydrogens is 276 g/mol. The van der Waals surface area contributed by atoms with E-state index in [4.69, 9.17) is 10.5 Å². The lowest BCUT2D eigenvalue weighted by molar-refractivity contribution is -0.126. The zero-order chi connectivity index (χ0) is 13.6. The molecule has 0 heterocycles. The summed E-state index contributed by atoms with van der Waals surface area (Å²) in [6.07, 6.45) is 11.8. The predicted molar refractivity (Wildman–Crippen MR) is 83.1 cm³/mol. The molecule has 0 spiro atoms. The number of nitrogens with one attached hydrogen (secondary N) is 1. The van der Waals surface area contributed by atoms with Gasteiger partial charge in [-0.25, -0.2) is 0 Å². The maximum atomic E-state index is 12.0. The lowest BCUT2D eigenvalue weighted by atomic mass is 9.98. The largest absolute Gasteiger partial charge is 0.376 e. The fourth-order valence-electron chi connectivity index (χ4n) is 3.21. The lowest BCUT2D eigenvalue weighted by Gasteiger charge is -2.22. The molecule has 2 saturated carbocycles. The highest BCUT2D eigenvalue weighted by Crippen LogP contribution is 2.27. The van der Waals surface area contributed by atoms with Crippen LogP contribution in [0.2, 0.25) is 0 Å². The Bertz CT molecular complexity index is 286. The van der Waals surface area contributed by atoms with Gasteiger partial charge < -0.3 is 15.8 Å². The van der Waals surface area contributed by atoms with Crippen molar-refractivity contribution in [3.05, 3.63) is 0 Å². The van der Waals surface area contributed by atoms with Gasteiger partial charge in [-0.15, -0.1) is 12.4 Å². The van der Waals surface area contributed by atoms with Gasteiger partial charge in [0.1, 0.15) is 0 Å². The van der Waals surface area contributed by atoms with Gasteiger partial charge in [0.25, 0.3) is 0 Å². The highest BCUT2D eigenvalue weighted by Gasteiger charge is 2.36. The van der Waals surface area contributed by atoms with Crippen molar-refractivity contribution in [1.82, 2.24) is 5.32 Å². The average Bonchev–Trinajstić information content (AvgIpc) is 2.70. The van der Waals surface area contributed by atoms with Crippen molar-refractivity contribution in [2.24, 2.45) is 5.73 Å². The van der Waals surface area contributed by atoms with Crippen molar-refractivity contribution in [2.45, 2.75) is 75.9 Å². The summed E-state index contributed by atoms with van der Waals surface area (Å²) in [6.45, 7) is 1.21. The fourth-order valence-corrected chi connectivity index (χ4v) is 3.21. The number of amides is 1. The second-order valence-electron chi connectivity index (χ2n) is 6.10. The minimum absolute atomic E-state index is 0. The van der Waals surface area contributed by atoms with E-state index in [0.29, 0.717) is 19.3 Å². The van der Waals surface area contributed by atoms with Crippen LogP contribution in [0.4, 0.5) is 0 Å². The molecule has 3 N–H and O–H groups in total. The van der Waals surface area contributed by atoms with Crippen LogP contribution in [-0.2, 0) is 9.53 Å². The van der Waals surface area contributed by atoms with Gasteiger partial charge in [0.05, 0.1) is 18.2 Å². The first-order chi connectivity index (χ1) is 9.21. The van der Waals surface area contributed by atoms with E-state index in [1.54, 1.807) is 0 Å². The van der Waals surface area contributed by atoms with Crippen LogP contribution >= 0.6 is 12.4 Å². The van der Waals surface area contributed by atoms with Crippen LogP contribution in [0.5, 0.6) is 0 Å². The molecule has 1 amide bonds. The van der Waals surface area contributed by atoms with Gasteiger partial charge in [-0.3, -0.25) is 4.79 Å². The van der Waals surface area contributed by atoms with Crippen LogP contribution in [0.3, 0.4) is 0 Å². The third-order valence-electron chi connectivity index (χ3n) is 4.49. The van der Waals surface area contributed by atoms with Gasteiger partial charge in [-0.05, 0) is 25.7 Å². The van der Waals surface area contributed by atoms with Crippen LogP contribution in [0, 0.1) is 0 Å². The zero-order valence-electron chi connectivity index (χ0n) is 12.4. The average molecular weight is 305 g/mol. The number of nitrogens with two attached hydrogens (primary N) is 1. The van der Waals surface area contributed by atoms with E-state index in [1.807, 2.05) is 0 Å². The Labute approximate surface area is 128 Å². The molecule has 20 heavy (non-hydrogen) atoms. The van der Waals surface area contributed by atoms with Gasteiger partial charge in [0.15, 0.2) is 0 Å². The van der Waals surface area contributed by atoms with Crippen molar-refractivity contribution >= 4 is 18.3 Å². The summed E-state index contributed by atoms with van der Waals surface area (Å²) in [4.78, 5) is 12.0. The summed E-state index contributed by atoms with van der Waals surface area (Å²) >= 11 is 0. The molecule has 0 aliphatic heterocycles. The van der Waals surface area contributed by atoms with E-state index in [2.05, 4.69) is 5.32 Å². The Balaban J connectivity index is 0.00000200. The first kappa shape index (κ1) is 17.7. The van der Waals surface area contributed by atoms with Gasteiger partial charge in [0.2, 0.25) is 5.91 Å². The quantitative estimate of drug-likeness (QED) is 0.606. The van der Waals surface area contributed by atoms with Crippen LogP contribution in [0.15, 0.2) is 0 Å². The third kappa shape index (κ3) is 5.23. The molecule has 5 heteroatoms. The molecule has 2 aliphatic rings. The SMILES string of the molecule is Cl.NC1(C(=O)NCCOC2CCCCCC2)CCCC1. The summed E-state index contributed by atoms with van der Waals surface area (Å²) in [7, 11) is 0. The summed E-state index contributed by atoms with van der Waals surface area (Å²) < 4.78 is 5.85. The predicted octanol–water partition coefficient (Wildman–Crippen LogP) is 2.54. The summed E-state index contributed by atoms with van der Waals surface area (Å²) in [6, 6.07) is 0. The van der Waals surface area contributed by atoms with E-state index in [9.17, 15) is 4.79 Å². The number of carbonyl (C=O) groups is 1. The maximum Gasteiger partial charge on any atom is 0.240 e. The summed E-state index contributed by atoms with van der Waals surface area (Å²) in [5.74, 6) is 0.00877. The number of hydrogen-bond acceptors (Lipinski definition) is 3. The molecule has 0 atom stereocenters. The second kappa shape index (κ2) is 8.85. The molecule has 118 valence electrons. The monoisotopic (exact) mass is 304 g/mol. The first-order valence-electron chi connectivity index (χ1n) is 7.89. The van der Waals surface area contributed by atoms with Crippen LogP contribution in [-0.4, -0.2) is 30.7 Å². The van der Waals surface area contributed by atoms with Gasteiger partial charge in [-0.2, -0.15) is 0 Å². The number of halogens is 1. The fraction of sp³-hybridized carbons (Fsp3) is 0.933. The minimum atomic E-state index is -0.609. The number of hydrogen-bond donors (Lipinski definition) is 2. The molecule has 2 aliphatic carbocycles. The van der Waals surface area contributed by atoms with Gasteiger partial charge >= 0.3 is 0 Å². The Morgan fingerprint density at radius 2 is 1.70 bits per heavy atom. The highest BCUT2D eigenvalue weighted by molar-refractivity contribution is 5.86. The molecular formula is C15H29ClN2O2. The van der Waals surface area contributed by atoms with Crippen molar-refractivity contribution in [3.63, 3.8) is 0 Å². The number of ether oxygens (including phenoxy) is 1. The number of carbonyl (C=O) groups excluding carboxylic acids is 1. The van der Waals surface area contributed by atoms with Gasteiger partial charge in [-0.1, -0.05) is 38.5 Å². The molecule has 2 fully saturated rings. The lowest BCUT2D eigenvalue weighted by Crippen LogP contribution is -2.52. The minimum Gasteiger partial charge on any atom is -0.376 e. The maximum absolute atomic E-state index is 12.0. The van der Waals surface area contributed by atoms with E-state index >= 15 is 0 Å². The van der Waals surface area contributed by atoms with Crippen LogP contribution in [0.1, 0.15) is 64.2 Å². The van der Waals surface area contributed by atoms with Crippen LogP contribution < -0.4 is 11.1 Å².